The van der Waals surface area contributed by atoms with Crippen molar-refractivity contribution in [3.63, 3.8) is 0 Å². The van der Waals surface area contributed by atoms with E-state index in [0.717, 1.165) is 48.1 Å². The number of nitrogens with zero attached hydrogens (tertiary/aromatic N) is 6. The van der Waals surface area contributed by atoms with Gasteiger partial charge in [-0.25, -0.2) is 4.98 Å². The molecule has 1 aromatic carbocycles. The highest BCUT2D eigenvalue weighted by atomic mass is 35.5. The van der Waals surface area contributed by atoms with Crippen LogP contribution in [0.4, 0.5) is 0 Å². The van der Waals surface area contributed by atoms with Crippen LogP contribution in [-0.4, -0.2) is 53.7 Å². The number of carbonyl (C=O) groups excluding carboxylic acids is 1. The Morgan fingerprint density at radius 2 is 1.91 bits per heavy atom. The van der Waals surface area contributed by atoms with Crippen LogP contribution >= 0.6 is 23.2 Å². The Bertz CT molecular complexity index is 1570. The lowest BCUT2D eigenvalue weighted by atomic mass is 10.0. The monoisotopic (exact) mass is 506 g/mol. The lowest BCUT2D eigenvalue weighted by molar-refractivity contribution is -0.124. The quantitative estimate of drug-likeness (QED) is 0.347. The number of rotatable bonds is 6. The van der Waals surface area contributed by atoms with E-state index in [1.54, 1.807) is 23.1 Å². The normalized spacial score (nSPS) is 14.1. The van der Waals surface area contributed by atoms with Crippen LogP contribution in [0.25, 0.3) is 38.9 Å². The molecule has 0 radical (unpaired) electrons. The summed E-state index contributed by atoms with van der Waals surface area (Å²) in [6, 6.07) is 9.21. The van der Waals surface area contributed by atoms with Gasteiger partial charge in [0.15, 0.2) is 0 Å². The second-order valence-corrected chi connectivity index (χ2v) is 9.52. The number of amides is 1. The van der Waals surface area contributed by atoms with E-state index in [1.165, 1.54) is 0 Å². The minimum atomic E-state index is -0.230. The molecule has 176 valence electrons. The molecule has 1 N–H and O–H groups in total. The number of carbonyl (C=O) groups is 1. The molecular formula is C25H20Cl2N6O2. The first-order valence-corrected chi connectivity index (χ1v) is 11.9. The Labute approximate surface area is 210 Å². The number of aromatic nitrogens is 5. The number of fused-ring (bicyclic) bond motifs is 3. The molecule has 0 spiro atoms. The van der Waals surface area contributed by atoms with E-state index >= 15 is 0 Å². The van der Waals surface area contributed by atoms with Crippen molar-refractivity contribution in [3.05, 3.63) is 70.9 Å². The van der Waals surface area contributed by atoms with Crippen LogP contribution in [0.15, 0.2) is 55.1 Å². The van der Waals surface area contributed by atoms with Crippen LogP contribution < -0.4 is 0 Å². The molecule has 10 heteroatoms. The van der Waals surface area contributed by atoms with Gasteiger partial charge in [-0.15, -0.1) is 0 Å². The van der Waals surface area contributed by atoms with E-state index in [9.17, 15) is 9.90 Å². The van der Waals surface area contributed by atoms with E-state index in [0.29, 0.717) is 38.6 Å². The summed E-state index contributed by atoms with van der Waals surface area (Å²) in [7, 11) is 0. The van der Waals surface area contributed by atoms with Gasteiger partial charge in [0.2, 0.25) is 6.41 Å². The fraction of sp³-hybridized carbons (Fsp3) is 0.200. The molecule has 35 heavy (non-hydrogen) atoms. The van der Waals surface area contributed by atoms with Crippen molar-refractivity contribution in [2.24, 2.45) is 5.92 Å². The van der Waals surface area contributed by atoms with E-state index < -0.39 is 0 Å². The van der Waals surface area contributed by atoms with Gasteiger partial charge in [0.25, 0.3) is 0 Å². The number of aliphatic hydroxyl groups excluding tert-OH is 1. The number of hydrogen-bond acceptors (Lipinski definition) is 5. The van der Waals surface area contributed by atoms with Crippen molar-refractivity contribution in [1.82, 2.24) is 29.0 Å². The number of aliphatic hydroxyl groups is 1. The van der Waals surface area contributed by atoms with E-state index in [1.807, 2.05) is 46.0 Å². The molecule has 0 aliphatic carbocycles. The Hall–Kier alpha value is -3.46. The molecule has 1 aliphatic rings. The highest BCUT2D eigenvalue weighted by molar-refractivity contribution is 6.39. The molecule has 5 heterocycles. The summed E-state index contributed by atoms with van der Waals surface area (Å²) in [5.41, 5.74) is 5.01. The third kappa shape index (κ3) is 3.74. The van der Waals surface area contributed by atoms with Gasteiger partial charge >= 0.3 is 0 Å². The first-order valence-electron chi connectivity index (χ1n) is 11.1. The zero-order chi connectivity index (χ0) is 24.1. The predicted molar refractivity (Wildman–Crippen MR) is 134 cm³/mol. The Morgan fingerprint density at radius 3 is 2.66 bits per heavy atom. The van der Waals surface area contributed by atoms with Crippen molar-refractivity contribution in [3.8, 4) is 22.4 Å². The van der Waals surface area contributed by atoms with Crippen LogP contribution in [0.3, 0.4) is 0 Å². The molecule has 0 atom stereocenters. The van der Waals surface area contributed by atoms with Gasteiger partial charge in [0, 0.05) is 66.2 Å². The van der Waals surface area contributed by atoms with Crippen molar-refractivity contribution < 1.29 is 9.90 Å². The van der Waals surface area contributed by atoms with Crippen molar-refractivity contribution in [2.75, 3.05) is 13.1 Å². The lowest BCUT2D eigenvalue weighted by Gasteiger charge is -2.36. The van der Waals surface area contributed by atoms with Gasteiger partial charge in [-0.05, 0) is 24.3 Å². The van der Waals surface area contributed by atoms with Crippen LogP contribution in [0.5, 0.6) is 0 Å². The van der Waals surface area contributed by atoms with Gasteiger partial charge in [0.1, 0.15) is 5.65 Å². The summed E-state index contributed by atoms with van der Waals surface area (Å²) < 4.78 is 3.76. The van der Waals surface area contributed by atoms with Crippen LogP contribution in [-0.2, 0) is 17.9 Å². The molecule has 0 bridgehead atoms. The number of imidazole rings is 1. The van der Waals surface area contributed by atoms with Gasteiger partial charge in [-0.1, -0.05) is 29.3 Å². The van der Waals surface area contributed by atoms with Gasteiger partial charge in [-0.3, -0.25) is 14.5 Å². The topological polar surface area (TPSA) is 88.6 Å². The standard InChI is InChI=1S/C25H20Cl2N6O2/c26-19-2-1-3-20(27)23(19)24-22(13-34)33-5-4-21-18(25(33)30-24)6-16(7-28-21)17-8-29-32(12-17)11-15-9-31(10-15)14-35/h1-8,12,14-15,34H,9-11,13H2. The first kappa shape index (κ1) is 22.0. The summed E-state index contributed by atoms with van der Waals surface area (Å²) in [5.74, 6) is 0.416. The average molecular weight is 507 g/mol. The Balaban J connectivity index is 1.42. The second kappa shape index (κ2) is 8.64. The van der Waals surface area contributed by atoms with E-state index in [-0.39, 0.29) is 6.61 Å². The van der Waals surface area contributed by atoms with Crippen molar-refractivity contribution >= 4 is 46.2 Å². The molecule has 5 aromatic rings. The highest BCUT2D eigenvalue weighted by Gasteiger charge is 2.26. The SMILES string of the molecule is O=CN1CC(Cn2cc(-c3cnc4ccn5c(CO)c(-c6c(Cl)cccc6Cl)nc5c4c3)cn2)C1. The van der Waals surface area contributed by atoms with Crippen molar-refractivity contribution in [2.45, 2.75) is 13.2 Å². The number of pyridine rings is 2. The van der Waals surface area contributed by atoms with E-state index in [2.05, 4.69) is 10.1 Å². The fourth-order valence-electron chi connectivity index (χ4n) is 4.67. The van der Waals surface area contributed by atoms with Crippen LogP contribution in [0.1, 0.15) is 5.69 Å². The molecule has 0 saturated carbocycles. The summed E-state index contributed by atoms with van der Waals surface area (Å²) in [4.78, 5) is 22.1. The Kier molecular flexibility index (Phi) is 5.44. The molecule has 1 amide bonds. The zero-order valence-electron chi connectivity index (χ0n) is 18.5. The molecular weight excluding hydrogens is 487 g/mol. The van der Waals surface area contributed by atoms with Gasteiger partial charge in [-0.2, -0.15) is 5.10 Å². The molecule has 0 unspecified atom stereocenters. The zero-order valence-corrected chi connectivity index (χ0v) is 20.0. The Morgan fingerprint density at radius 1 is 1.11 bits per heavy atom. The second-order valence-electron chi connectivity index (χ2n) is 8.70. The minimum absolute atomic E-state index is 0.230. The van der Waals surface area contributed by atoms with Gasteiger partial charge < -0.3 is 14.4 Å². The molecule has 1 aliphatic heterocycles. The summed E-state index contributed by atoms with van der Waals surface area (Å²) in [5, 5.41) is 16.5. The molecule has 4 aromatic heterocycles. The smallest absolute Gasteiger partial charge is 0.209 e. The van der Waals surface area contributed by atoms with E-state index in [4.69, 9.17) is 28.2 Å². The molecule has 1 fully saturated rings. The summed E-state index contributed by atoms with van der Waals surface area (Å²) >= 11 is 12.9. The van der Waals surface area contributed by atoms with Gasteiger partial charge in [0.05, 0.1) is 39.8 Å². The number of benzene rings is 1. The summed E-state index contributed by atoms with van der Waals surface area (Å²) in [6.07, 6.45) is 8.36. The average Bonchev–Trinajstić information content (AvgIpc) is 3.45. The molecule has 6 rings (SSSR count). The highest BCUT2D eigenvalue weighted by Crippen LogP contribution is 2.37. The number of likely N-dealkylation sites (tertiary alicyclic amines) is 1. The fourth-order valence-corrected chi connectivity index (χ4v) is 5.25. The minimum Gasteiger partial charge on any atom is -0.390 e. The maximum Gasteiger partial charge on any atom is 0.209 e. The summed E-state index contributed by atoms with van der Waals surface area (Å²) in [6.45, 7) is 2.06. The van der Waals surface area contributed by atoms with Crippen LogP contribution in [0.2, 0.25) is 10.0 Å². The lowest BCUT2D eigenvalue weighted by Crippen LogP contribution is -2.47. The van der Waals surface area contributed by atoms with Crippen molar-refractivity contribution in [1.29, 1.82) is 0 Å². The van der Waals surface area contributed by atoms with Crippen LogP contribution in [0, 0.1) is 5.92 Å². The molecule has 1 saturated heterocycles. The predicted octanol–water partition coefficient (Wildman–Crippen LogP) is 4.30. The first-order chi connectivity index (χ1) is 17.1. The number of halogens is 2. The third-order valence-electron chi connectivity index (χ3n) is 6.45. The number of hydrogen-bond donors (Lipinski definition) is 1. The largest absolute Gasteiger partial charge is 0.390 e. The maximum absolute atomic E-state index is 10.8. The molecule has 8 nitrogen and oxygen atoms in total. The maximum atomic E-state index is 10.8. The third-order valence-corrected chi connectivity index (χ3v) is 7.08.